The van der Waals surface area contributed by atoms with Crippen molar-refractivity contribution in [2.45, 2.75) is 142 Å². The van der Waals surface area contributed by atoms with E-state index in [9.17, 15) is 24.0 Å². The maximum absolute atomic E-state index is 12.1. The highest BCUT2D eigenvalue weighted by molar-refractivity contribution is 6.07. The van der Waals surface area contributed by atoms with E-state index < -0.39 is 5.54 Å². The summed E-state index contributed by atoms with van der Waals surface area (Å²) in [4.78, 5) is 67.0. The molecule has 15 heteroatoms. The molecule has 0 radical (unpaired) electrons. The van der Waals surface area contributed by atoms with Gasteiger partial charge in [0.05, 0.1) is 11.1 Å². The lowest BCUT2D eigenvalue weighted by atomic mass is 9.68. The van der Waals surface area contributed by atoms with Gasteiger partial charge >= 0.3 is 18.1 Å². The lowest BCUT2D eigenvalue weighted by Crippen LogP contribution is -2.55. The largest absolute Gasteiger partial charge is 0.336 e. The summed E-state index contributed by atoms with van der Waals surface area (Å²) in [6.45, 7) is 1.54. The van der Waals surface area contributed by atoms with E-state index in [1.807, 2.05) is 12.1 Å². The van der Waals surface area contributed by atoms with Crippen LogP contribution in [0.1, 0.15) is 125 Å². The Bertz CT molecular complexity index is 2540. The van der Waals surface area contributed by atoms with Crippen LogP contribution in [0.5, 0.6) is 0 Å². The van der Waals surface area contributed by atoms with Crippen LogP contribution in [0, 0.1) is 0 Å². The average Bonchev–Trinajstić information content (AvgIpc) is 4.09. The molecule has 3 heterocycles. The third-order valence-electron chi connectivity index (χ3n) is 19.2. The Morgan fingerprint density at radius 1 is 0.338 bits per heavy atom. The Morgan fingerprint density at radius 3 is 0.870 bits per heavy atom. The van der Waals surface area contributed by atoms with Crippen molar-refractivity contribution in [3.63, 3.8) is 0 Å². The summed E-state index contributed by atoms with van der Waals surface area (Å²) in [7, 11) is 17.0. The highest BCUT2D eigenvalue weighted by Crippen LogP contribution is 2.48. The SMILES string of the molecule is CN(C)C1(c2ccccc2)CCC(=O)CC1.CN(C)C1(c2ccccc2)CCC2(CC1)CNC(=O)N2.CN(C)C1(c2ccccc2)CCC2(CC1)CNC(=O)N2.CN(C)C1(c2ccccc2)CCC2(CC1)NC(=O)NC2=O. The van der Waals surface area contributed by atoms with Crippen LogP contribution in [-0.4, -0.2) is 135 Å². The standard InChI is InChI=1S/C16H21N3O2.2C16H23N3O.C14H19NO/c1-19(2)16(12-6-4-3-5-7-12)10-8-15(9-11-16)13(20)17-14(21)18-15;2*1-19(2)16(13-6-4-3-5-7-13)10-8-15(9-11-16)12-17-14(20)18-15;1-15(2)14(10-8-13(16)9-11-14)12-6-4-3-5-7-12/h3-7H,8-11H2,1-2H3,(H2,17,18,20,21);2*3-7H,8-12H2,1-2H3,(H2,17,18,20);3-7H,8-11H2,1-2H3. The third-order valence-corrected chi connectivity index (χ3v) is 19.2. The first-order valence-corrected chi connectivity index (χ1v) is 28.0. The zero-order valence-corrected chi connectivity index (χ0v) is 47.1. The number of urea groups is 3. The van der Waals surface area contributed by atoms with E-state index in [0.717, 1.165) is 90.1 Å². The number of benzene rings is 4. The zero-order valence-electron chi connectivity index (χ0n) is 47.1. The summed E-state index contributed by atoms with van der Waals surface area (Å²) < 4.78 is 0. The van der Waals surface area contributed by atoms with Crippen LogP contribution in [0.15, 0.2) is 121 Å². The van der Waals surface area contributed by atoms with E-state index in [-0.39, 0.29) is 57.2 Å². The predicted molar refractivity (Wildman–Crippen MR) is 304 cm³/mol. The van der Waals surface area contributed by atoms with Gasteiger partial charge < -0.3 is 26.6 Å². The van der Waals surface area contributed by atoms with Gasteiger partial charge in [0.1, 0.15) is 11.3 Å². The fraction of sp³-hybridized carbons (Fsp3) is 0.532. The van der Waals surface area contributed by atoms with Gasteiger partial charge in [0, 0.05) is 48.1 Å². The summed E-state index contributed by atoms with van der Waals surface area (Å²) in [5, 5.41) is 17.3. The zero-order chi connectivity index (χ0) is 55.1. The number of imide groups is 1. The summed E-state index contributed by atoms with van der Waals surface area (Å²) in [6, 6.07) is 42.1. The molecule has 7 fully saturated rings. The molecule has 0 aromatic heterocycles. The molecule has 6 N–H and O–H groups in total. The number of nitrogens with one attached hydrogen (secondary N) is 6. The molecule has 15 nitrogen and oxygen atoms in total. The highest BCUT2D eigenvalue weighted by Gasteiger charge is 2.53. The van der Waals surface area contributed by atoms with Crippen LogP contribution in [0.2, 0.25) is 0 Å². The van der Waals surface area contributed by atoms with Gasteiger partial charge in [-0.2, -0.15) is 0 Å². The normalized spacial score (nSPS) is 30.3. The van der Waals surface area contributed by atoms with Crippen molar-refractivity contribution in [3.8, 4) is 0 Å². The first kappa shape index (κ1) is 57.1. The van der Waals surface area contributed by atoms with Crippen LogP contribution < -0.4 is 31.9 Å². The Morgan fingerprint density at radius 2 is 0.623 bits per heavy atom. The molecule has 11 rings (SSSR count). The number of rotatable bonds is 8. The molecule has 3 spiro atoms. The quantitative estimate of drug-likeness (QED) is 0.0951. The van der Waals surface area contributed by atoms with Crippen molar-refractivity contribution < 1.29 is 24.0 Å². The number of nitrogens with zero attached hydrogens (tertiary/aromatic N) is 4. The smallest absolute Gasteiger partial charge is 0.322 e. The summed E-state index contributed by atoms with van der Waals surface area (Å²) in [5.74, 6) is 0.237. The molecule has 77 heavy (non-hydrogen) atoms. The number of hydrogen-bond donors (Lipinski definition) is 6. The van der Waals surface area contributed by atoms with Gasteiger partial charge in [0.25, 0.3) is 5.91 Å². The van der Waals surface area contributed by atoms with E-state index in [2.05, 4.69) is 217 Å². The number of Topliss-reactive ketones (excluding diaryl/α,β-unsaturated/α-hetero) is 1. The minimum atomic E-state index is -0.703. The minimum Gasteiger partial charge on any atom is -0.336 e. The van der Waals surface area contributed by atoms with Gasteiger partial charge in [-0.3, -0.25) is 34.5 Å². The number of ketones is 1. The maximum Gasteiger partial charge on any atom is 0.322 e. The van der Waals surface area contributed by atoms with E-state index in [0.29, 0.717) is 31.5 Å². The van der Waals surface area contributed by atoms with Crippen molar-refractivity contribution in [1.82, 2.24) is 51.5 Å². The van der Waals surface area contributed by atoms with Crippen LogP contribution in [-0.2, 0) is 31.7 Å². The topological polar surface area (TPSA) is 170 Å². The van der Waals surface area contributed by atoms with Gasteiger partial charge in [0.15, 0.2) is 0 Å². The Hall–Kier alpha value is -6.13. The van der Waals surface area contributed by atoms with Crippen molar-refractivity contribution in [3.05, 3.63) is 144 Å². The van der Waals surface area contributed by atoms with Crippen LogP contribution in [0.3, 0.4) is 0 Å². The van der Waals surface area contributed by atoms with Gasteiger partial charge in [-0.15, -0.1) is 0 Å². The lowest BCUT2D eigenvalue weighted by Gasteiger charge is -2.48. The minimum absolute atomic E-state index is 0.0120. The first-order chi connectivity index (χ1) is 36.8. The fourth-order valence-corrected chi connectivity index (χ4v) is 13.9. The molecule has 3 aliphatic heterocycles. The van der Waals surface area contributed by atoms with Gasteiger partial charge in [-0.05, 0) is 169 Å². The summed E-state index contributed by atoms with van der Waals surface area (Å²) in [6.07, 6.45) is 14.8. The van der Waals surface area contributed by atoms with E-state index in [1.54, 1.807) is 0 Å². The van der Waals surface area contributed by atoms with Crippen molar-refractivity contribution in [1.29, 1.82) is 0 Å². The van der Waals surface area contributed by atoms with Gasteiger partial charge in [-0.1, -0.05) is 121 Å². The van der Waals surface area contributed by atoms with Crippen LogP contribution in [0.4, 0.5) is 14.4 Å². The molecule has 4 aromatic carbocycles. The highest BCUT2D eigenvalue weighted by atomic mass is 16.2. The van der Waals surface area contributed by atoms with Gasteiger partial charge in [0.2, 0.25) is 0 Å². The van der Waals surface area contributed by atoms with E-state index >= 15 is 0 Å². The Kier molecular flexibility index (Phi) is 17.4. The molecule has 0 bridgehead atoms. The second-order valence-electron chi connectivity index (χ2n) is 23.9. The third kappa shape index (κ3) is 11.8. The van der Waals surface area contributed by atoms with Crippen LogP contribution in [0.25, 0.3) is 0 Å². The van der Waals surface area contributed by atoms with E-state index in [1.165, 1.54) is 22.3 Å². The van der Waals surface area contributed by atoms with Crippen molar-refractivity contribution in [2.24, 2.45) is 0 Å². The Labute approximate surface area is 458 Å². The molecule has 3 saturated heterocycles. The number of amides is 7. The first-order valence-electron chi connectivity index (χ1n) is 28.0. The second kappa shape index (κ2) is 23.5. The molecule has 7 aliphatic rings. The molecule has 7 amide bonds. The summed E-state index contributed by atoms with van der Waals surface area (Å²) in [5.41, 5.74) is 4.83. The molecule has 0 atom stereocenters. The van der Waals surface area contributed by atoms with Crippen molar-refractivity contribution in [2.75, 3.05) is 69.5 Å². The average molecular weight is 1050 g/mol. The molecular formula is C62H86N10O5. The monoisotopic (exact) mass is 1050 g/mol. The maximum atomic E-state index is 12.1. The molecule has 4 aliphatic carbocycles. The predicted octanol–water partition coefficient (Wildman–Crippen LogP) is 8.32. The molecule has 0 unspecified atom stereocenters. The number of carbonyl (C=O) groups is 5. The molecular weight excluding hydrogens is 965 g/mol. The lowest BCUT2D eigenvalue weighted by molar-refractivity contribution is -0.126. The molecule has 4 aromatic rings. The van der Waals surface area contributed by atoms with E-state index in [4.69, 9.17) is 0 Å². The fourth-order valence-electron chi connectivity index (χ4n) is 13.9. The molecule has 4 saturated carbocycles. The Balaban J connectivity index is 0.000000136. The molecule has 414 valence electrons. The van der Waals surface area contributed by atoms with Crippen LogP contribution >= 0.6 is 0 Å². The number of hydrogen-bond acceptors (Lipinski definition) is 9. The van der Waals surface area contributed by atoms with Gasteiger partial charge in [-0.25, -0.2) is 14.4 Å². The van der Waals surface area contributed by atoms with Crippen molar-refractivity contribution >= 4 is 29.8 Å². The summed E-state index contributed by atoms with van der Waals surface area (Å²) >= 11 is 0. The number of carbonyl (C=O) groups excluding carboxylic acids is 5. The second-order valence-corrected chi connectivity index (χ2v) is 23.9.